The molecule has 1 heterocycles. The number of hydrogen-bond acceptors (Lipinski definition) is 2. The molecule has 0 aromatic heterocycles. The Hall–Kier alpha value is -1.84. The number of anilines is 1. The summed E-state index contributed by atoms with van der Waals surface area (Å²) in [6.45, 7) is 6.22. The SMILES string of the molecule is CC(=O)N1CCN(c2ccccc2)C(=O)C1(C)C. The second-order valence-corrected chi connectivity index (χ2v) is 5.02. The van der Waals surface area contributed by atoms with Gasteiger partial charge in [-0.15, -0.1) is 0 Å². The van der Waals surface area contributed by atoms with Gasteiger partial charge in [0.05, 0.1) is 0 Å². The molecule has 0 N–H and O–H groups in total. The van der Waals surface area contributed by atoms with Crippen molar-refractivity contribution >= 4 is 17.5 Å². The van der Waals surface area contributed by atoms with Crippen molar-refractivity contribution in [3.8, 4) is 0 Å². The molecule has 1 aliphatic rings. The van der Waals surface area contributed by atoms with Gasteiger partial charge in [0, 0.05) is 25.7 Å². The van der Waals surface area contributed by atoms with E-state index in [0.717, 1.165) is 5.69 Å². The van der Waals surface area contributed by atoms with Gasteiger partial charge in [0.1, 0.15) is 5.54 Å². The van der Waals surface area contributed by atoms with Crippen LogP contribution >= 0.6 is 0 Å². The van der Waals surface area contributed by atoms with Crippen LogP contribution in [-0.4, -0.2) is 35.3 Å². The van der Waals surface area contributed by atoms with Crippen LogP contribution in [0.5, 0.6) is 0 Å². The van der Waals surface area contributed by atoms with E-state index in [9.17, 15) is 9.59 Å². The maximum Gasteiger partial charge on any atom is 0.252 e. The molecule has 4 heteroatoms. The van der Waals surface area contributed by atoms with E-state index in [1.54, 1.807) is 23.6 Å². The third-order valence-corrected chi connectivity index (χ3v) is 3.44. The van der Waals surface area contributed by atoms with Crippen molar-refractivity contribution in [1.29, 1.82) is 0 Å². The zero-order valence-corrected chi connectivity index (χ0v) is 11.0. The minimum atomic E-state index is -0.778. The van der Waals surface area contributed by atoms with Gasteiger partial charge in [-0.1, -0.05) is 18.2 Å². The summed E-state index contributed by atoms with van der Waals surface area (Å²) in [7, 11) is 0. The molecule has 1 fully saturated rings. The summed E-state index contributed by atoms with van der Waals surface area (Å²) >= 11 is 0. The highest BCUT2D eigenvalue weighted by atomic mass is 16.2. The molecule has 0 unspecified atom stereocenters. The highest BCUT2D eigenvalue weighted by Gasteiger charge is 2.43. The summed E-state index contributed by atoms with van der Waals surface area (Å²) < 4.78 is 0. The Bertz CT molecular complexity index is 468. The maximum absolute atomic E-state index is 12.5. The quantitative estimate of drug-likeness (QED) is 0.756. The van der Waals surface area contributed by atoms with Gasteiger partial charge in [0.15, 0.2) is 0 Å². The highest BCUT2D eigenvalue weighted by Crippen LogP contribution is 2.26. The third kappa shape index (κ3) is 1.98. The molecule has 96 valence electrons. The zero-order valence-electron chi connectivity index (χ0n) is 11.0. The molecule has 2 amide bonds. The van der Waals surface area contributed by atoms with Crippen LogP contribution in [0.4, 0.5) is 5.69 Å². The Morgan fingerprint density at radius 3 is 2.33 bits per heavy atom. The number of para-hydroxylation sites is 1. The molecule has 0 atom stereocenters. The summed E-state index contributed by atoms with van der Waals surface area (Å²) in [6, 6.07) is 9.57. The molecular formula is C14H18N2O2. The molecule has 1 aromatic rings. The van der Waals surface area contributed by atoms with E-state index >= 15 is 0 Å². The van der Waals surface area contributed by atoms with Crippen molar-refractivity contribution in [1.82, 2.24) is 4.90 Å². The number of nitrogens with zero attached hydrogens (tertiary/aromatic N) is 2. The fourth-order valence-electron chi connectivity index (χ4n) is 2.43. The average Bonchev–Trinajstić information content (AvgIpc) is 2.33. The molecule has 0 aliphatic carbocycles. The number of benzene rings is 1. The predicted molar refractivity (Wildman–Crippen MR) is 70.3 cm³/mol. The number of hydrogen-bond donors (Lipinski definition) is 0. The lowest BCUT2D eigenvalue weighted by Gasteiger charge is -2.45. The summed E-state index contributed by atoms with van der Waals surface area (Å²) in [4.78, 5) is 27.4. The van der Waals surface area contributed by atoms with Crippen molar-refractivity contribution in [2.75, 3.05) is 18.0 Å². The summed E-state index contributed by atoms with van der Waals surface area (Å²) in [6.07, 6.45) is 0. The summed E-state index contributed by atoms with van der Waals surface area (Å²) in [5.41, 5.74) is 0.110. The van der Waals surface area contributed by atoms with E-state index in [2.05, 4.69) is 0 Å². The lowest BCUT2D eigenvalue weighted by molar-refractivity contribution is -0.145. The van der Waals surface area contributed by atoms with Crippen molar-refractivity contribution in [3.05, 3.63) is 30.3 Å². The van der Waals surface area contributed by atoms with E-state index in [1.165, 1.54) is 6.92 Å². The third-order valence-electron chi connectivity index (χ3n) is 3.44. The van der Waals surface area contributed by atoms with Crippen molar-refractivity contribution in [2.45, 2.75) is 26.3 Å². The molecule has 2 rings (SSSR count). The topological polar surface area (TPSA) is 40.6 Å². The van der Waals surface area contributed by atoms with Gasteiger partial charge in [0.2, 0.25) is 5.91 Å². The molecule has 18 heavy (non-hydrogen) atoms. The number of carbonyl (C=O) groups is 2. The van der Waals surface area contributed by atoms with Crippen LogP contribution in [0.15, 0.2) is 30.3 Å². The van der Waals surface area contributed by atoms with Gasteiger partial charge in [-0.25, -0.2) is 0 Å². The van der Waals surface area contributed by atoms with Gasteiger partial charge >= 0.3 is 0 Å². The lowest BCUT2D eigenvalue weighted by Crippen LogP contribution is -2.64. The number of piperazine rings is 1. The summed E-state index contributed by atoms with van der Waals surface area (Å²) in [5, 5.41) is 0. The normalized spacial score (nSPS) is 18.9. The van der Waals surface area contributed by atoms with Gasteiger partial charge in [0.25, 0.3) is 5.91 Å². The van der Waals surface area contributed by atoms with Crippen LogP contribution in [-0.2, 0) is 9.59 Å². The second kappa shape index (κ2) is 4.44. The van der Waals surface area contributed by atoms with Crippen molar-refractivity contribution < 1.29 is 9.59 Å². The van der Waals surface area contributed by atoms with Crippen LogP contribution in [0, 0.1) is 0 Å². The Balaban J connectivity index is 2.30. The van der Waals surface area contributed by atoms with E-state index in [4.69, 9.17) is 0 Å². The highest BCUT2D eigenvalue weighted by molar-refractivity contribution is 6.02. The zero-order chi connectivity index (χ0) is 13.3. The van der Waals surface area contributed by atoms with Gasteiger partial charge < -0.3 is 9.80 Å². The first-order valence-electron chi connectivity index (χ1n) is 6.10. The fourth-order valence-corrected chi connectivity index (χ4v) is 2.43. The Morgan fingerprint density at radius 1 is 1.17 bits per heavy atom. The first-order valence-corrected chi connectivity index (χ1v) is 6.10. The molecule has 0 saturated carbocycles. The molecule has 0 spiro atoms. The molecule has 1 aromatic carbocycles. The molecule has 1 aliphatic heterocycles. The van der Waals surface area contributed by atoms with Crippen LogP contribution in [0.3, 0.4) is 0 Å². The average molecular weight is 246 g/mol. The van der Waals surface area contributed by atoms with Crippen LogP contribution in [0.2, 0.25) is 0 Å². The minimum absolute atomic E-state index is 0.0323. The van der Waals surface area contributed by atoms with Gasteiger partial charge in [-0.3, -0.25) is 9.59 Å². The van der Waals surface area contributed by atoms with Crippen molar-refractivity contribution in [3.63, 3.8) is 0 Å². The van der Waals surface area contributed by atoms with Crippen LogP contribution < -0.4 is 4.90 Å². The standard InChI is InChI=1S/C14H18N2O2/c1-11(17)16-10-9-15(13(18)14(16,2)3)12-7-5-4-6-8-12/h4-8H,9-10H2,1-3H3. The van der Waals surface area contributed by atoms with E-state index in [-0.39, 0.29) is 11.8 Å². The molecular weight excluding hydrogens is 228 g/mol. The van der Waals surface area contributed by atoms with Gasteiger partial charge in [-0.05, 0) is 26.0 Å². The number of carbonyl (C=O) groups excluding carboxylic acids is 2. The molecule has 0 radical (unpaired) electrons. The smallest absolute Gasteiger partial charge is 0.252 e. The monoisotopic (exact) mass is 246 g/mol. The second-order valence-electron chi connectivity index (χ2n) is 5.02. The Morgan fingerprint density at radius 2 is 1.78 bits per heavy atom. The Labute approximate surface area is 107 Å². The van der Waals surface area contributed by atoms with E-state index in [1.807, 2.05) is 30.3 Å². The molecule has 1 saturated heterocycles. The first-order chi connectivity index (χ1) is 8.44. The Kier molecular flexibility index (Phi) is 3.11. The summed E-state index contributed by atoms with van der Waals surface area (Å²) in [5.74, 6) is -0.0868. The first kappa shape index (κ1) is 12.6. The van der Waals surface area contributed by atoms with E-state index in [0.29, 0.717) is 13.1 Å². The van der Waals surface area contributed by atoms with Crippen molar-refractivity contribution in [2.24, 2.45) is 0 Å². The fraction of sp³-hybridized carbons (Fsp3) is 0.429. The predicted octanol–water partition coefficient (Wildman–Crippen LogP) is 1.66. The van der Waals surface area contributed by atoms with E-state index < -0.39 is 5.54 Å². The molecule has 4 nitrogen and oxygen atoms in total. The number of rotatable bonds is 1. The molecule has 0 bridgehead atoms. The minimum Gasteiger partial charge on any atom is -0.327 e. The largest absolute Gasteiger partial charge is 0.327 e. The maximum atomic E-state index is 12.5. The van der Waals surface area contributed by atoms with Crippen LogP contribution in [0.25, 0.3) is 0 Å². The van der Waals surface area contributed by atoms with Crippen LogP contribution in [0.1, 0.15) is 20.8 Å². The van der Waals surface area contributed by atoms with Gasteiger partial charge in [-0.2, -0.15) is 0 Å². The lowest BCUT2D eigenvalue weighted by atomic mass is 9.97. The number of amides is 2.